The van der Waals surface area contributed by atoms with E-state index in [1.54, 1.807) is 0 Å². The van der Waals surface area contributed by atoms with Gasteiger partial charge in [-0.25, -0.2) is 4.79 Å². The van der Waals surface area contributed by atoms with E-state index in [9.17, 15) is 4.79 Å². The molecule has 0 aliphatic carbocycles. The van der Waals surface area contributed by atoms with Crippen molar-refractivity contribution in [1.82, 2.24) is 10.2 Å². The third kappa shape index (κ3) is 3.10. The van der Waals surface area contributed by atoms with E-state index in [2.05, 4.69) is 10.2 Å². The van der Waals surface area contributed by atoms with Gasteiger partial charge in [-0.3, -0.25) is 5.10 Å². The van der Waals surface area contributed by atoms with Gasteiger partial charge >= 0.3 is 5.97 Å². The minimum absolute atomic E-state index is 0.213. The van der Waals surface area contributed by atoms with Crippen molar-refractivity contribution in [2.75, 3.05) is 6.61 Å². The predicted molar refractivity (Wildman–Crippen MR) is 65.3 cm³/mol. The molecule has 1 heterocycles. The largest absolute Gasteiger partial charge is 0.494 e. The third-order valence-corrected chi connectivity index (χ3v) is 2.31. The topological polar surface area (TPSA) is 64.2 Å². The van der Waals surface area contributed by atoms with Crippen molar-refractivity contribution in [1.29, 1.82) is 0 Å². The lowest BCUT2D eigenvalue weighted by Crippen LogP contribution is -2.04. The van der Waals surface area contributed by atoms with Crippen molar-refractivity contribution in [2.45, 2.75) is 13.5 Å². The van der Waals surface area contributed by atoms with Crippen LogP contribution in [0, 0.1) is 0 Å². The number of aromatic amines is 1. The van der Waals surface area contributed by atoms with E-state index < -0.39 is 5.97 Å². The van der Waals surface area contributed by atoms with Crippen molar-refractivity contribution in [3.8, 4) is 5.75 Å². The van der Waals surface area contributed by atoms with Crippen LogP contribution in [0.2, 0.25) is 0 Å². The van der Waals surface area contributed by atoms with Crippen LogP contribution < -0.4 is 4.74 Å². The molecule has 0 bridgehead atoms. The highest BCUT2D eigenvalue weighted by Crippen LogP contribution is 2.14. The number of ether oxygens (including phenoxy) is 2. The van der Waals surface area contributed by atoms with Crippen LogP contribution in [-0.4, -0.2) is 22.8 Å². The first kappa shape index (κ1) is 12.2. The Kier molecular flexibility index (Phi) is 3.96. The third-order valence-electron chi connectivity index (χ3n) is 2.31. The maximum Gasteiger partial charge on any atom is 0.341 e. The number of nitrogens with zero attached hydrogens (tertiary/aromatic N) is 1. The van der Waals surface area contributed by atoms with E-state index in [1.165, 1.54) is 12.4 Å². The average molecular weight is 246 g/mol. The fourth-order valence-corrected chi connectivity index (χ4v) is 1.49. The smallest absolute Gasteiger partial charge is 0.341 e. The number of hydrogen-bond donors (Lipinski definition) is 1. The molecule has 0 unspecified atom stereocenters. The number of benzene rings is 1. The van der Waals surface area contributed by atoms with Gasteiger partial charge in [0, 0.05) is 6.20 Å². The van der Waals surface area contributed by atoms with Crippen LogP contribution in [0.15, 0.2) is 36.7 Å². The minimum Gasteiger partial charge on any atom is -0.494 e. The van der Waals surface area contributed by atoms with Gasteiger partial charge in [0.2, 0.25) is 0 Å². The monoisotopic (exact) mass is 246 g/mol. The summed E-state index contributed by atoms with van der Waals surface area (Å²) in [7, 11) is 0. The van der Waals surface area contributed by atoms with E-state index in [-0.39, 0.29) is 6.61 Å². The van der Waals surface area contributed by atoms with Gasteiger partial charge in [-0.15, -0.1) is 0 Å². The summed E-state index contributed by atoms with van der Waals surface area (Å²) in [6, 6.07) is 7.47. The molecule has 5 nitrogen and oxygen atoms in total. The number of nitrogens with one attached hydrogen (secondary N) is 1. The molecule has 5 heteroatoms. The standard InChI is InChI=1S/C13H14N2O3/c1-2-17-12-5-3-4-10(6-12)9-18-13(16)11-7-14-15-8-11/h3-8H,2,9H2,1H3,(H,14,15). The second kappa shape index (κ2) is 5.86. The Labute approximate surface area is 105 Å². The number of carbonyl (C=O) groups excluding carboxylic acids is 1. The Morgan fingerprint density at radius 2 is 2.33 bits per heavy atom. The van der Waals surface area contributed by atoms with E-state index in [4.69, 9.17) is 9.47 Å². The van der Waals surface area contributed by atoms with Crippen LogP contribution in [0.1, 0.15) is 22.8 Å². The molecule has 2 aromatic rings. The number of carbonyl (C=O) groups is 1. The molecular weight excluding hydrogens is 232 g/mol. The number of aromatic nitrogens is 2. The molecule has 0 radical (unpaired) electrons. The van der Waals surface area contributed by atoms with Gasteiger partial charge in [-0.1, -0.05) is 12.1 Å². The number of rotatable bonds is 5. The second-order valence-electron chi connectivity index (χ2n) is 3.64. The molecule has 2 rings (SSSR count). The zero-order valence-corrected chi connectivity index (χ0v) is 10.1. The summed E-state index contributed by atoms with van der Waals surface area (Å²) in [5.74, 6) is 0.375. The summed E-state index contributed by atoms with van der Waals surface area (Å²) in [4.78, 5) is 11.6. The van der Waals surface area contributed by atoms with Gasteiger partial charge in [0.25, 0.3) is 0 Å². The Morgan fingerprint density at radius 3 is 3.06 bits per heavy atom. The van der Waals surface area contributed by atoms with E-state index in [0.717, 1.165) is 11.3 Å². The van der Waals surface area contributed by atoms with E-state index in [1.807, 2.05) is 31.2 Å². The van der Waals surface area contributed by atoms with Gasteiger partial charge in [0.1, 0.15) is 12.4 Å². The molecule has 94 valence electrons. The summed E-state index contributed by atoms with van der Waals surface area (Å²) in [6.07, 6.45) is 2.93. The van der Waals surface area contributed by atoms with Crippen LogP contribution in [0.3, 0.4) is 0 Å². The minimum atomic E-state index is -0.398. The zero-order chi connectivity index (χ0) is 12.8. The molecule has 0 fully saturated rings. The Hall–Kier alpha value is -2.30. The summed E-state index contributed by atoms with van der Waals surface area (Å²) in [5, 5.41) is 6.25. The maximum absolute atomic E-state index is 11.6. The summed E-state index contributed by atoms with van der Waals surface area (Å²) >= 11 is 0. The Morgan fingerprint density at radius 1 is 1.44 bits per heavy atom. The molecule has 0 aliphatic rings. The molecule has 1 aromatic carbocycles. The van der Waals surface area contributed by atoms with Crippen molar-refractivity contribution in [3.05, 3.63) is 47.8 Å². The summed E-state index contributed by atoms with van der Waals surface area (Å²) in [5.41, 5.74) is 1.30. The fourth-order valence-electron chi connectivity index (χ4n) is 1.49. The molecule has 18 heavy (non-hydrogen) atoms. The molecule has 0 saturated heterocycles. The normalized spacial score (nSPS) is 10.1. The van der Waals surface area contributed by atoms with Crippen molar-refractivity contribution in [3.63, 3.8) is 0 Å². The quantitative estimate of drug-likeness (QED) is 0.821. The predicted octanol–water partition coefficient (Wildman–Crippen LogP) is 2.17. The summed E-state index contributed by atoms with van der Waals surface area (Å²) < 4.78 is 10.5. The first-order valence-corrected chi connectivity index (χ1v) is 5.67. The van der Waals surface area contributed by atoms with Crippen LogP contribution in [0.25, 0.3) is 0 Å². The zero-order valence-electron chi connectivity index (χ0n) is 10.1. The first-order valence-electron chi connectivity index (χ1n) is 5.67. The highest BCUT2D eigenvalue weighted by Gasteiger charge is 2.08. The molecule has 1 N–H and O–H groups in total. The van der Waals surface area contributed by atoms with Crippen LogP contribution in [0.5, 0.6) is 5.75 Å². The highest BCUT2D eigenvalue weighted by molar-refractivity contribution is 5.88. The van der Waals surface area contributed by atoms with Gasteiger partial charge in [-0.05, 0) is 24.6 Å². The van der Waals surface area contributed by atoms with Crippen LogP contribution >= 0.6 is 0 Å². The average Bonchev–Trinajstić information content (AvgIpc) is 2.91. The SMILES string of the molecule is CCOc1cccc(COC(=O)c2cn[nH]c2)c1. The lowest BCUT2D eigenvalue weighted by Gasteiger charge is -2.06. The van der Waals surface area contributed by atoms with Crippen LogP contribution in [-0.2, 0) is 11.3 Å². The van der Waals surface area contributed by atoms with Gasteiger partial charge in [0.05, 0.1) is 18.4 Å². The molecule has 0 aliphatic heterocycles. The highest BCUT2D eigenvalue weighted by atomic mass is 16.5. The Bertz CT molecular complexity index is 509. The van der Waals surface area contributed by atoms with Gasteiger partial charge in [-0.2, -0.15) is 5.10 Å². The second-order valence-corrected chi connectivity index (χ2v) is 3.64. The Balaban J connectivity index is 1.93. The first-order chi connectivity index (χ1) is 8.79. The number of H-pyrrole nitrogens is 1. The molecule has 1 aromatic heterocycles. The molecule has 0 saturated carbocycles. The molecule has 0 atom stereocenters. The molecule has 0 spiro atoms. The summed E-state index contributed by atoms with van der Waals surface area (Å²) in [6.45, 7) is 2.74. The fraction of sp³-hybridized carbons (Fsp3) is 0.231. The molecular formula is C13H14N2O3. The maximum atomic E-state index is 11.6. The van der Waals surface area contributed by atoms with Gasteiger partial charge < -0.3 is 9.47 Å². The lowest BCUT2D eigenvalue weighted by atomic mass is 10.2. The number of esters is 1. The van der Waals surface area contributed by atoms with E-state index >= 15 is 0 Å². The van der Waals surface area contributed by atoms with E-state index in [0.29, 0.717) is 12.2 Å². The molecule has 0 amide bonds. The van der Waals surface area contributed by atoms with Crippen molar-refractivity contribution >= 4 is 5.97 Å². The van der Waals surface area contributed by atoms with Crippen LogP contribution in [0.4, 0.5) is 0 Å². The number of hydrogen-bond acceptors (Lipinski definition) is 4. The van der Waals surface area contributed by atoms with Crippen molar-refractivity contribution < 1.29 is 14.3 Å². The van der Waals surface area contributed by atoms with Gasteiger partial charge in [0.15, 0.2) is 0 Å². The lowest BCUT2D eigenvalue weighted by molar-refractivity contribution is 0.0472. The van der Waals surface area contributed by atoms with Crippen molar-refractivity contribution in [2.24, 2.45) is 0 Å².